The van der Waals surface area contributed by atoms with Gasteiger partial charge in [0.25, 0.3) is 5.91 Å². The Balaban J connectivity index is 2.25. The molecule has 6 heteroatoms. The zero-order valence-corrected chi connectivity index (χ0v) is 13.8. The molecule has 1 aromatic carbocycles. The highest BCUT2D eigenvalue weighted by molar-refractivity contribution is 9.11. The lowest BCUT2D eigenvalue weighted by Gasteiger charge is -2.08. The number of carbonyl (C=O) groups excluding carboxylic acids is 1. The Morgan fingerprint density at radius 3 is 2.74 bits per heavy atom. The van der Waals surface area contributed by atoms with Crippen LogP contribution >= 0.6 is 43.5 Å². The van der Waals surface area contributed by atoms with Crippen LogP contribution in [0.4, 0.5) is 5.69 Å². The summed E-state index contributed by atoms with van der Waals surface area (Å²) in [6.45, 7) is 1.83. The van der Waals surface area contributed by atoms with Gasteiger partial charge in [0.15, 0.2) is 0 Å². The maximum atomic E-state index is 12.2. The normalized spacial score (nSPS) is 10.3. The first-order chi connectivity index (χ1) is 8.97. The number of hydrogen-bond acceptors (Lipinski definition) is 2. The van der Waals surface area contributed by atoms with E-state index in [9.17, 15) is 4.79 Å². The quantitative estimate of drug-likeness (QED) is 0.729. The Morgan fingerprint density at radius 1 is 1.32 bits per heavy atom. The van der Waals surface area contributed by atoms with Gasteiger partial charge in [0.1, 0.15) is 5.15 Å². The molecule has 1 aromatic heterocycles. The molecule has 0 saturated heterocycles. The molecule has 98 valence electrons. The average molecular weight is 404 g/mol. The van der Waals surface area contributed by atoms with E-state index >= 15 is 0 Å². The second-order valence-electron chi connectivity index (χ2n) is 3.91. The van der Waals surface area contributed by atoms with Crippen LogP contribution in [0.2, 0.25) is 5.15 Å². The molecule has 0 unspecified atom stereocenters. The lowest BCUT2D eigenvalue weighted by Crippen LogP contribution is -2.13. The number of amides is 1. The van der Waals surface area contributed by atoms with Crippen molar-refractivity contribution in [3.05, 3.63) is 55.7 Å². The summed E-state index contributed by atoms with van der Waals surface area (Å²) in [6, 6.07) is 7.19. The van der Waals surface area contributed by atoms with E-state index in [1.165, 1.54) is 6.20 Å². The number of halogens is 3. The van der Waals surface area contributed by atoms with Gasteiger partial charge in [0, 0.05) is 8.95 Å². The maximum absolute atomic E-state index is 12.2. The van der Waals surface area contributed by atoms with E-state index in [-0.39, 0.29) is 5.91 Å². The zero-order chi connectivity index (χ0) is 14.0. The van der Waals surface area contributed by atoms with Crippen molar-refractivity contribution in [2.75, 3.05) is 5.32 Å². The summed E-state index contributed by atoms with van der Waals surface area (Å²) >= 11 is 12.5. The molecule has 2 aromatic rings. The Morgan fingerprint density at radius 2 is 2.05 bits per heavy atom. The minimum Gasteiger partial charge on any atom is -0.321 e. The predicted molar refractivity (Wildman–Crippen MR) is 83.8 cm³/mol. The number of aryl methyl sites for hydroxylation is 1. The van der Waals surface area contributed by atoms with Crippen molar-refractivity contribution in [3.63, 3.8) is 0 Å². The fourth-order valence-electron chi connectivity index (χ4n) is 1.50. The first kappa shape index (κ1) is 14.5. The highest BCUT2D eigenvalue weighted by Gasteiger charge is 2.11. The third kappa shape index (κ3) is 3.55. The number of hydrogen-bond donors (Lipinski definition) is 1. The summed E-state index contributed by atoms with van der Waals surface area (Å²) in [5.41, 5.74) is 1.97. The average Bonchev–Trinajstić information content (AvgIpc) is 2.36. The molecular weight excluding hydrogens is 395 g/mol. The lowest BCUT2D eigenvalue weighted by atomic mass is 10.2. The molecular formula is C13H9Br2ClN2O. The van der Waals surface area contributed by atoms with Crippen molar-refractivity contribution in [2.45, 2.75) is 6.92 Å². The van der Waals surface area contributed by atoms with Gasteiger partial charge in [-0.2, -0.15) is 0 Å². The molecule has 1 N–H and O–H groups in total. The molecule has 3 nitrogen and oxygen atoms in total. The van der Waals surface area contributed by atoms with Crippen LogP contribution in [0.3, 0.4) is 0 Å². The van der Waals surface area contributed by atoms with Crippen LogP contribution in [0, 0.1) is 6.92 Å². The minimum atomic E-state index is -0.211. The number of aromatic nitrogens is 1. The predicted octanol–water partition coefficient (Wildman–Crippen LogP) is 4.82. The monoisotopic (exact) mass is 402 g/mol. The SMILES string of the molecule is Cc1cc(NC(=O)c2cc(Br)ccc2Br)cnc1Cl. The summed E-state index contributed by atoms with van der Waals surface area (Å²) in [5, 5.41) is 3.22. The Kier molecular flexibility index (Phi) is 4.60. The Bertz CT molecular complexity index is 647. The highest BCUT2D eigenvalue weighted by Crippen LogP contribution is 2.23. The molecule has 0 aliphatic heterocycles. The number of carbonyl (C=O) groups is 1. The van der Waals surface area contributed by atoms with Crippen LogP contribution < -0.4 is 5.32 Å². The molecule has 2 rings (SSSR count). The van der Waals surface area contributed by atoms with E-state index in [4.69, 9.17) is 11.6 Å². The summed E-state index contributed by atoms with van der Waals surface area (Å²) in [7, 11) is 0. The fourth-order valence-corrected chi connectivity index (χ4v) is 2.39. The van der Waals surface area contributed by atoms with Crippen molar-refractivity contribution in [1.29, 1.82) is 0 Å². The Labute approximate surface area is 132 Å². The molecule has 1 heterocycles. The molecule has 0 aliphatic rings. The van der Waals surface area contributed by atoms with E-state index < -0.39 is 0 Å². The molecule has 0 atom stereocenters. The lowest BCUT2D eigenvalue weighted by molar-refractivity contribution is 0.102. The molecule has 19 heavy (non-hydrogen) atoms. The standard InChI is InChI=1S/C13H9Br2ClN2O/c1-7-4-9(6-17-12(7)16)18-13(19)10-5-8(14)2-3-11(10)15/h2-6H,1H3,(H,18,19). The van der Waals surface area contributed by atoms with Gasteiger partial charge in [-0.15, -0.1) is 0 Å². The van der Waals surface area contributed by atoms with Gasteiger partial charge in [-0.1, -0.05) is 27.5 Å². The molecule has 0 spiro atoms. The number of pyridine rings is 1. The van der Waals surface area contributed by atoms with Crippen molar-refractivity contribution < 1.29 is 4.79 Å². The third-order valence-electron chi connectivity index (χ3n) is 2.45. The van der Waals surface area contributed by atoms with Gasteiger partial charge < -0.3 is 5.32 Å². The largest absolute Gasteiger partial charge is 0.321 e. The van der Waals surface area contributed by atoms with Crippen LogP contribution in [0.5, 0.6) is 0 Å². The summed E-state index contributed by atoms with van der Waals surface area (Å²) in [5.74, 6) is -0.211. The van der Waals surface area contributed by atoms with Crippen molar-refractivity contribution in [3.8, 4) is 0 Å². The van der Waals surface area contributed by atoms with Crippen LogP contribution in [-0.4, -0.2) is 10.9 Å². The van der Waals surface area contributed by atoms with E-state index in [2.05, 4.69) is 42.2 Å². The summed E-state index contributed by atoms with van der Waals surface area (Å²) in [6.07, 6.45) is 1.53. The molecule has 1 amide bonds. The van der Waals surface area contributed by atoms with Gasteiger partial charge in [0.05, 0.1) is 17.4 Å². The maximum Gasteiger partial charge on any atom is 0.256 e. The van der Waals surface area contributed by atoms with Gasteiger partial charge in [-0.05, 0) is 52.7 Å². The number of rotatable bonds is 2. The first-order valence-electron chi connectivity index (χ1n) is 5.36. The second-order valence-corrected chi connectivity index (χ2v) is 6.04. The van der Waals surface area contributed by atoms with Crippen molar-refractivity contribution in [2.24, 2.45) is 0 Å². The third-order valence-corrected chi connectivity index (χ3v) is 4.03. The topological polar surface area (TPSA) is 42.0 Å². The van der Waals surface area contributed by atoms with Crippen LogP contribution in [0.15, 0.2) is 39.4 Å². The van der Waals surface area contributed by atoms with Crippen LogP contribution in [0.1, 0.15) is 15.9 Å². The number of nitrogens with one attached hydrogen (secondary N) is 1. The van der Waals surface area contributed by atoms with E-state index in [1.807, 2.05) is 19.1 Å². The first-order valence-corrected chi connectivity index (χ1v) is 7.32. The number of benzene rings is 1. The Hall–Kier alpha value is -0.910. The van der Waals surface area contributed by atoms with Gasteiger partial charge >= 0.3 is 0 Å². The minimum absolute atomic E-state index is 0.211. The molecule has 0 aliphatic carbocycles. The van der Waals surface area contributed by atoms with Crippen molar-refractivity contribution >= 4 is 55.1 Å². The van der Waals surface area contributed by atoms with E-state index in [0.29, 0.717) is 16.4 Å². The van der Waals surface area contributed by atoms with Crippen LogP contribution in [-0.2, 0) is 0 Å². The van der Waals surface area contributed by atoms with Gasteiger partial charge in [-0.25, -0.2) is 4.98 Å². The number of nitrogens with zero attached hydrogens (tertiary/aromatic N) is 1. The summed E-state index contributed by atoms with van der Waals surface area (Å²) < 4.78 is 1.57. The fraction of sp³-hybridized carbons (Fsp3) is 0.0769. The van der Waals surface area contributed by atoms with Gasteiger partial charge in [0.2, 0.25) is 0 Å². The smallest absolute Gasteiger partial charge is 0.256 e. The second kappa shape index (κ2) is 6.03. The molecule has 0 fully saturated rings. The molecule has 0 bridgehead atoms. The van der Waals surface area contributed by atoms with Gasteiger partial charge in [-0.3, -0.25) is 4.79 Å². The summed E-state index contributed by atoms with van der Waals surface area (Å²) in [4.78, 5) is 16.2. The zero-order valence-electron chi connectivity index (χ0n) is 9.88. The van der Waals surface area contributed by atoms with Crippen LogP contribution in [0.25, 0.3) is 0 Å². The molecule has 0 radical (unpaired) electrons. The van der Waals surface area contributed by atoms with Crippen molar-refractivity contribution in [1.82, 2.24) is 4.98 Å². The highest BCUT2D eigenvalue weighted by atomic mass is 79.9. The number of anilines is 1. The van der Waals surface area contributed by atoms with E-state index in [0.717, 1.165) is 14.5 Å². The van der Waals surface area contributed by atoms with E-state index in [1.54, 1.807) is 12.1 Å². The molecule has 0 saturated carbocycles.